The van der Waals surface area contributed by atoms with Gasteiger partial charge in [-0.3, -0.25) is 4.79 Å². The van der Waals surface area contributed by atoms with Crippen LogP contribution in [0.25, 0.3) is 0 Å². The minimum Gasteiger partial charge on any atom is -0.339 e. The van der Waals surface area contributed by atoms with Crippen LogP contribution < -0.4 is 16.4 Å². The molecule has 0 bridgehead atoms. The first-order valence-electron chi connectivity index (χ1n) is 11.7. The summed E-state index contributed by atoms with van der Waals surface area (Å²) in [7, 11) is 0. The molecule has 4 N–H and O–H groups in total. The fourth-order valence-electron chi connectivity index (χ4n) is 4.81. The normalized spacial score (nSPS) is 20.8. The fourth-order valence-corrected chi connectivity index (χ4v) is 4.81. The Morgan fingerprint density at radius 3 is 2.42 bits per heavy atom. The summed E-state index contributed by atoms with van der Waals surface area (Å²) in [5.74, 6) is 0.378. The Labute approximate surface area is 195 Å². The van der Waals surface area contributed by atoms with Crippen LogP contribution in [0.15, 0.2) is 42.5 Å². The molecule has 3 amide bonds. The first-order chi connectivity index (χ1) is 15.9. The quantitative estimate of drug-likeness (QED) is 0.663. The van der Waals surface area contributed by atoms with E-state index in [0.717, 1.165) is 37.7 Å². The number of nitrogens with two attached hydrogens (primary N) is 1. The number of hydrogen-bond acceptors (Lipinski definition) is 4. The van der Waals surface area contributed by atoms with E-state index in [1.165, 1.54) is 5.56 Å². The van der Waals surface area contributed by atoms with Crippen molar-refractivity contribution < 1.29 is 9.59 Å². The summed E-state index contributed by atoms with van der Waals surface area (Å²) in [5.41, 5.74) is 9.94. The number of carbonyl (C=O) groups is 2. The number of hydrogen-bond donors (Lipinski definition) is 3. The van der Waals surface area contributed by atoms with Crippen molar-refractivity contribution in [2.75, 3.05) is 18.4 Å². The first kappa shape index (κ1) is 22.8. The van der Waals surface area contributed by atoms with E-state index in [-0.39, 0.29) is 24.0 Å². The molecule has 1 saturated carbocycles. The second-order valence-corrected chi connectivity index (χ2v) is 9.20. The Morgan fingerprint density at radius 2 is 1.79 bits per heavy atom. The van der Waals surface area contributed by atoms with Crippen molar-refractivity contribution >= 4 is 17.6 Å². The van der Waals surface area contributed by atoms with Crippen LogP contribution in [-0.2, 0) is 0 Å². The number of nitriles is 1. The Bertz CT molecular complexity index is 1050. The average molecular weight is 446 g/mol. The number of urea groups is 1. The Balaban J connectivity index is 1.35. The van der Waals surface area contributed by atoms with Crippen molar-refractivity contribution in [2.24, 2.45) is 5.73 Å². The maximum Gasteiger partial charge on any atom is 0.319 e. The Morgan fingerprint density at radius 1 is 1.06 bits per heavy atom. The molecule has 4 rings (SSSR count). The summed E-state index contributed by atoms with van der Waals surface area (Å²) in [6, 6.07) is 15.3. The lowest BCUT2D eigenvalue weighted by Gasteiger charge is -2.32. The van der Waals surface area contributed by atoms with E-state index in [4.69, 9.17) is 11.0 Å². The standard InChI is InChI=1S/C26H31N5O2/c1-17-2-5-21(14-24(17)30-26(33)29-23-9-8-22(28)15-23)25(32)31-12-10-20(11-13-31)19-6-3-18(16-27)4-7-19/h2-7,14,20,22-23H,8-13,15,28H2,1H3,(H2,29,30,33)/t22-,23-/m0/s1. The third-order valence-corrected chi connectivity index (χ3v) is 6.83. The van der Waals surface area contributed by atoms with Gasteiger partial charge in [0.1, 0.15) is 0 Å². The van der Waals surface area contributed by atoms with E-state index in [1.807, 2.05) is 48.2 Å². The monoisotopic (exact) mass is 445 g/mol. The van der Waals surface area contributed by atoms with Crippen molar-refractivity contribution in [3.8, 4) is 6.07 Å². The molecule has 1 saturated heterocycles. The summed E-state index contributed by atoms with van der Waals surface area (Å²) < 4.78 is 0. The van der Waals surface area contributed by atoms with Gasteiger partial charge in [-0.1, -0.05) is 18.2 Å². The predicted molar refractivity (Wildman–Crippen MR) is 128 cm³/mol. The number of aryl methyl sites for hydroxylation is 1. The van der Waals surface area contributed by atoms with Crippen LogP contribution in [0, 0.1) is 18.3 Å². The molecule has 0 unspecified atom stereocenters. The van der Waals surface area contributed by atoms with Gasteiger partial charge in [0.05, 0.1) is 11.6 Å². The summed E-state index contributed by atoms with van der Waals surface area (Å²) >= 11 is 0. The van der Waals surface area contributed by atoms with Gasteiger partial charge in [-0.2, -0.15) is 5.26 Å². The zero-order valence-electron chi connectivity index (χ0n) is 19.0. The highest BCUT2D eigenvalue weighted by Gasteiger charge is 2.26. The van der Waals surface area contributed by atoms with E-state index >= 15 is 0 Å². The molecule has 1 aliphatic heterocycles. The summed E-state index contributed by atoms with van der Waals surface area (Å²) in [6.07, 6.45) is 4.39. The minimum atomic E-state index is -0.259. The molecule has 7 nitrogen and oxygen atoms in total. The summed E-state index contributed by atoms with van der Waals surface area (Å²) in [5, 5.41) is 14.9. The average Bonchev–Trinajstić information content (AvgIpc) is 3.24. The van der Waals surface area contributed by atoms with Gasteiger partial charge in [0.2, 0.25) is 0 Å². The van der Waals surface area contributed by atoms with Crippen molar-refractivity contribution in [1.29, 1.82) is 5.26 Å². The highest BCUT2D eigenvalue weighted by Crippen LogP contribution is 2.29. The number of anilines is 1. The molecule has 2 fully saturated rings. The molecule has 0 aromatic heterocycles. The van der Waals surface area contributed by atoms with E-state index < -0.39 is 0 Å². The number of rotatable bonds is 4. The van der Waals surface area contributed by atoms with Gasteiger partial charge in [-0.25, -0.2) is 4.79 Å². The van der Waals surface area contributed by atoms with Crippen molar-refractivity contribution in [2.45, 2.75) is 57.0 Å². The van der Waals surface area contributed by atoms with E-state index in [1.54, 1.807) is 6.07 Å². The van der Waals surface area contributed by atoms with E-state index in [9.17, 15) is 9.59 Å². The summed E-state index contributed by atoms with van der Waals surface area (Å²) in [4.78, 5) is 27.5. The van der Waals surface area contributed by atoms with Crippen LogP contribution in [-0.4, -0.2) is 42.0 Å². The fraction of sp³-hybridized carbons (Fsp3) is 0.423. The van der Waals surface area contributed by atoms with Crippen LogP contribution in [0.3, 0.4) is 0 Å². The highest BCUT2D eigenvalue weighted by molar-refractivity contribution is 5.97. The molecule has 2 aromatic carbocycles. The topological polar surface area (TPSA) is 111 Å². The Kier molecular flexibility index (Phi) is 6.95. The predicted octanol–water partition coefficient (Wildman–Crippen LogP) is 3.89. The van der Waals surface area contributed by atoms with Gasteiger partial charge in [-0.15, -0.1) is 0 Å². The van der Waals surface area contributed by atoms with Gasteiger partial charge in [-0.05, 0) is 80.3 Å². The summed E-state index contributed by atoms with van der Waals surface area (Å²) in [6.45, 7) is 3.28. The molecule has 1 heterocycles. The maximum absolute atomic E-state index is 13.1. The lowest BCUT2D eigenvalue weighted by molar-refractivity contribution is 0.0713. The van der Waals surface area contributed by atoms with Crippen molar-refractivity contribution in [3.05, 3.63) is 64.7 Å². The van der Waals surface area contributed by atoms with E-state index in [0.29, 0.717) is 35.8 Å². The number of piperidine rings is 1. The molecule has 0 spiro atoms. The molecule has 2 aromatic rings. The lowest BCUT2D eigenvalue weighted by atomic mass is 9.89. The SMILES string of the molecule is Cc1ccc(C(=O)N2CCC(c3ccc(C#N)cc3)CC2)cc1NC(=O)N[C@H]1CC[C@H](N)C1. The number of benzene rings is 2. The van der Waals surface area contributed by atoms with Crippen LogP contribution >= 0.6 is 0 Å². The molecule has 2 atom stereocenters. The number of amides is 3. The molecular weight excluding hydrogens is 414 g/mol. The molecule has 2 aliphatic rings. The Hall–Kier alpha value is -3.37. The van der Waals surface area contributed by atoms with Gasteiger partial charge in [0.15, 0.2) is 0 Å². The second kappa shape index (κ2) is 10.1. The molecule has 172 valence electrons. The van der Waals surface area contributed by atoms with Gasteiger partial charge in [0.25, 0.3) is 5.91 Å². The van der Waals surface area contributed by atoms with Crippen molar-refractivity contribution in [3.63, 3.8) is 0 Å². The van der Waals surface area contributed by atoms with E-state index in [2.05, 4.69) is 16.7 Å². The first-order valence-corrected chi connectivity index (χ1v) is 11.7. The van der Waals surface area contributed by atoms with Crippen LogP contribution in [0.2, 0.25) is 0 Å². The number of likely N-dealkylation sites (tertiary alicyclic amines) is 1. The van der Waals surface area contributed by atoms with Crippen molar-refractivity contribution in [1.82, 2.24) is 10.2 Å². The van der Waals surface area contributed by atoms with Gasteiger partial charge in [0, 0.05) is 36.4 Å². The van der Waals surface area contributed by atoms with Crippen LogP contribution in [0.1, 0.15) is 65.1 Å². The third-order valence-electron chi connectivity index (χ3n) is 6.83. The number of carbonyl (C=O) groups excluding carboxylic acids is 2. The number of nitrogens with zero attached hydrogens (tertiary/aromatic N) is 2. The molecule has 0 radical (unpaired) electrons. The van der Waals surface area contributed by atoms with Gasteiger partial charge < -0.3 is 21.3 Å². The molecular formula is C26H31N5O2. The zero-order chi connectivity index (χ0) is 23.4. The zero-order valence-corrected chi connectivity index (χ0v) is 19.0. The smallest absolute Gasteiger partial charge is 0.319 e. The van der Waals surface area contributed by atoms with Crippen LogP contribution in [0.4, 0.5) is 10.5 Å². The lowest BCUT2D eigenvalue weighted by Crippen LogP contribution is -2.38. The molecule has 7 heteroatoms. The highest BCUT2D eigenvalue weighted by atomic mass is 16.2. The van der Waals surface area contributed by atoms with Gasteiger partial charge >= 0.3 is 6.03 Å². The largest absolute Gasteiger partial charge is 0.339 e. The second-order valence-electron chi connectivity index (χ2n) is 9.20. The third kappa shape index (κ3) is 5.52. The maximum atomic E-state index is 13.1. The molecule has 33 heavy (non-hydrogen) atoms. The van der Waals surface area contributed by atoms with Crippen LogP contribution in [0.5, 0.6) is 0 Å². The minimum absolute atomic E-state index is 0.0153. The number of nitrogens with one attached hydrogen (secondary N) is 2. The molecule has 1 aliphatic carbocycles.